The lowest BCUT2D eigenvalue weighted by atomic mass is 10.2. The standard InChI is InChI=1S/C21H20N4O2S/c26-20(18-7-4-10-22-21(18)28-17-5-2-1-3-6-17)24-16-8-9-19(23-15-16)25-11-13-27-14-12-25/h1-10,15H,11-14H2,(H,24,26). The van der Waals surface area contributed by atoms with Crippen molar-refractivity contribution in [1.29, 1.82) is 0 Å². The van der Waals surface area contributed by atoms with Gasteiger partial charge in [-0.1, -0.05) is 30.0 Å². The van der Waals surface area contributed by atoms with Crippen molar-refractivity contribution in [1.82, 2.24) is 9.97 Å². The van der Waals surface area contributed by atoms with Crippen LogP contribution < -0.4 is 10.2 Å². The summed E-state index contributed by atoms with van der Waals surface area (Å²) in [6, 6.07) is 17.2. The second-order valence-corrected chi connectivity index (χ2v) is 7.29. The molecule has 0 bridgehead atoms. The lowest BCUT2D eigenvalue weighted by Gasteiger charge is -2.27. The van der Waals surface area contributed by atoms with Gasteiger partial charge in [-0.15, -0.1) is 0 Å². The third-order valence-corrected chi connectivity index (χ3v) is 5.34. The van der Waals surface area contributed by atoms with Crippen molar-refractivity contribution in [2.45, 2.75) is 9.92 Å². The van der Waals surface area contributed by atoms with Crippen LogP contribution in [0.2, 0.25) is 0 Å². The molecule has 1 N–H and O–H groups in total. The van der Waals surface area contributed by atoms with Crippen LogP contribution in [0.3, 0.4) is 0 Å². The molecule has 0 radical (unpaired) electrons. The Morgan fingerprint density at radius 1 is 1.00 bits per heavy atom. The Kier molecular flexibility index (Phi) is 5.84. The number of pyridine rings is 2. The molecule has 6 nitrogen and oxygen atoms in total. The molecule has 1 aliphatic rings. The number of nitrogens with zero attached hydrogens (tertiary/aromatic N) is 3. The van der Waals surface area contributed by atoms with Gasteiger partial charge in [-0.3, -0.25) is 4.79 Å². The lowest BCUT2D eigenvalue weighted by Crippen LogP contribution is -2.36. The van der Waals surface area contributed by atoms with E-state index in [1.807, 2.05) is 42.5 Å². The van der Waals surface area contributed by atoms with Gasteiger partial charge in [0.25, 0.3) is 5.91 Å². The number of rotatable bonds is 5. The minimum absolute atomic E-state index is 0.201. The van der Waals surface area contributed by atoms with Gasteiger partial charge >= 0.3 is 0 Å². The molecule has 1 amide bonds. The molecule has 2 aromatic heterocycles. The van der Waals surface area contributed by atoms with Gasteiger partial charge in [0.05, 0.1) is 30.7 Å². The van der Waals surface area contributed by atoms with E-state index in [-0.39, 0.29) is 5.91 Å². The second-order valence-electron chi connectivity index (χ2n) is 6.23. The fourth-order valence-electron chi connectivity index (χ4n) is 2.88. The number of carbonyl (C=O) groups excluding carboxylic acids is 1. The first-order chi connectivity index (χ1) is 13.8. The first-order valence-corrected chi connectivity index (χ1v) is 9.89. The molecule has 0 aliphatic carbocycles. The molecule has 0 spiro atoms. The van der Waals surface area contributed by atoms with Gasteiger partial charge in [0.2, 0.25) is 0 Å². The fraction of sp³-hybridized carbons (Fsp3) is 0.190. The number of hydrogen-bond donors (Lipinski definition) is 1. The van der Waals surface area contributed by atoms with Gasteiger partial charge in [-0.25, -0.2) is 9.97 Å². The molecular formula is C21H20N4O2S. The number of anilines is 2. The Bertz CT molecular complexity index is 929. The molecule has 1 aliphatic heterocycles. The molecule has 3 aromatic rings. The molecule has 1 aromatic carbocycles. The number of benzene rings is 1. The summed E-state index contributed by atoms with van der Waals surface area (Å²) < 4.78 is 5.37. The summed E-state index contributed by atoms with van der Waals surface area (Å²) in [5.74, 6) is 0.690. The van der Waals surface area contributed by atoms with Crippen LogP contribution in [0.25, 0.3) is 0 Å². The first-order valence-electron chi connectivity index (χ1n) is 9.07. The van der Waals surface area contributed by atoms with Crippen molar-refractivity contribution in [2.24, 2.45) is 0 Å². The van der Waals surface area contributed by atoms with Crippen LogP contribution in [0.15, 0.2) is 76.9 Å². The van der Waals surface area contributed by atoms with Crippen LogP contribution >= 0.6 is 11.8 Å². The summed E-state index contributed by atoms with van der Waals surface area (Å²) in [5, 5.41) is 3.59. The number of hydrogen-bond acceptors (Lipinski definition) is 6. The number of morpholine rings is 1. The van der Waals surface area contributed by atoms with E-state index >= 15 is 0 Å². The van der Waals surface area contributed by atoms with E-state index < -0.39 is 0 Å². The summed E-state index contributed by atoms with van der Waals surface area (Å²) >= 11 is 1.47. The van der Waals surface area contributed by atoms with Crippen LogP contribution in [-0.2, 0) is 4.74 Å². The van der Waals surface area contributed by atoms with Crippen LogP contribution in [0.5, 0.6) is 0 Å². The molecule has 1 fully saturated rings. The topological polar surface area (TPSA) is 67.4 Å². The number of ether oxygens (including phenoxy) is 1. The zero-order valence-corrected chi connectivity index (χ0v) is 16.1. The minimum atomic E-state index is -0.201. The van der Waals surface area contributed by atoms with Crippen molar-refractivity contribution in [2.75, 3.05) is 36.5 Å². The highest BCUT2D eigenvalue weighted by atomic mass is 32.2. The predicted octanol–water partition coefficient (Wildman–Crippen LogP) is 3.72. The average molecular weight is 392 g/mol. The Hall–Kier alpha value is -2.90. The van der Waals surface area contributed by atoms with Crippen molar-refractivity contribution in [3.8, 4) is 0 Å². The van der Waals surface area contributed by atoms with Gasteiger partial charge < -0.3 is 15.0 Å². The second kappa shape index (κ2) is 8.86. The Morgan fingerprint density at radius 2 is 1.82 bits per heavy atom. The first kappa shape index (κ1) is 18.5. The summed E-state index contributed by atoms with van der Waals surface area (Å²) in [7, 11) is 0. The van der Waals surface area contributed by atoms with E-state index in [9.17, 15) is 4.79 Å². The van der Waals surface area contributed by atoms with Gasteiger partial charge in [-0.05, 0) is 36.4 Å². The van der Waals surface area contributed by atoms with Gasteiger partial charge in [0.15, 0.2) is 0 Å². The van der Waals surface area contributed by atoms with E-state index in [2.05, 4.69) is 20.2 Å². The molecular weight excluding hydrogens is 372 g/mol. The van der Waals surface area contributed by atoms with Crippen molar-refractivity contribution in [3.05, 3.63) is 72.6 Å². The van der Waals surface area contributed by atoms with Crippen LogP contribution in [0.4, 0.5) is 11.5 Å². The van der Waals surface area contributed by atoms with Crippen molar-refractivity contribution >= 4 is 29.2 Å². The Morgan fingerprint density at radius 3 is 2.57 bits per heavy atom. The van der Waals surface area contributed by atoms with Crippen LogP contribution in [-0.4, -0.2) is 42.2 Å². The Labute approximate surface area is 168 Å². The molecule has 3 heterocycles. The summed E-state index contributed by atoms with van der Waals surface area (Å²) in [5.41, 5.74) is 1.19. The SMILES string of the molecule is O=C(Nc1ccc(N2CCOCC2)nc1)c1cccnc1Sc1ccccc1. The third kappa shape index (κ3) is 4.49. The van der Waals surface area contributed by atoms with Gasteiger partial charge in [0.1, 0.15) is 10.8 Å². The highest BCUT2D eigenvalue weighted by Crippen LogP contribution is 2.28. The monoisotopic (exact) mass is 392 g/mol. The van der Waals surface area contributed by atoms with Gasteiger partial charge in [0, 0.05) is 24.2 Å². The van der Waals surface area contributed by atoms with E-state index in [4.69, 9.17) is 4.74 Å². The highest BCUT2D eigenvalue weighted by molar-refractivity contribution is 7.99. The molecule has 0 atom stereocenters. The molecule has 4 rings (SSSR count). The quantitative estimate of drug-likeness (QED) is 0.714. The molecule has 142 valence electrons. The zero-order valence-electron chi connectivity index (χ0n) is 15.2. The van der Waals surface area contributed by atoms with Crippen LogP contribution in [0.1, 0.15) is 10.4 Å². The average Bonchev–Trinajstić information content (AvgIpc) is 2.76. The summed E-state index contributed by atoms with van der Waals surface area (Å²) in [4.78, 5) is 24.9. The number of aromatic nitrogens is 2. The molecule has 0 unspecified atom stereocenters. The largest absolute Gasteiger partial charge is 0.378 e. The molecule has 0 saturated carbocycles. The molecule has 28 heavy (non-hydrogen) atoms. The lowest BCUT2D eigenvalue weighted by molar-refractivity contribution is 0.102. The maximum atomic E-state index is 12.8. The zero-order chi connectivity index (χ0) is 19.2. The minimum Gasteiger partial charge on any atom is -0.378 e. The fourth-order valence-corrected chi connectivity index (χ4v) is 3.78. The normalized spacial score (nSPS) is 13.9. The Balaban J connectivity index is 1.46. The molecule has 7 heteroatoms. The van der Waals surface area contributed by atoms with E-state index in [1.54, 1.807) is 24.5 Å². The number of amides is 1. The maximum absolute atomic E-state index is 12.8. The summed E-state index contributed by atoms with van der Waals surface area (Å²) in [6.45, 7) is 3.08. The number of carbonyl (C=O) groups is 1. The van der Waals surface area contributed by atoms with Gasteiger partial charge in [-0.2, -0.15) is 0 Å². The summed E-state index contributed by atoms with van der Waals surface area (Å²) in [6.07, 6.45) is 3.38. The van der Waals surface area contributed by atoms with Crippen LogP contribution in [0, 0.1) is 0 Å². The number of nitrogens with one attached hydrogen (secondary N) is 1. The maximum Gasteiger partial charge on any atom is 0.258 e. The van der Waals surface area contributed by atoms with Crippen molar-refractivity contribution in [3.63, 3.8) is 0 Å². The van der Waals surface area contributed by atoms with E-state index in [1.165, 1.54) is 11.8 Å². The van der Waals surface area contributed by atoms with E-state index in [0.29, 0.717) is 29.5 Å². The predicted molar refractivity (Wildman–Crippen MR) is 110 cm³/mol. The molecule has 1 saturated heterocycles. The van der Waals surface area contributed by atoms with E-state index in [0.717, 1.165) is 23.8 Å². The van der Waals surface area contributed by atoms with Crippen molar-refractivity contribution < 1.29 is 9.53 Å². The smallest absolute Gasteiger partial charge is 0.258 e. The highest BCUT2D eigenvalue weighted by Gasteiger charge is 2.15. The third-order valence-electron chi connectivity index (χ3n) is 4.31.